The van der Waals surface area contributed by atoms with Gasteiger partial charge in [-0.05, 0) is 54.3 Å². The van der Waals surface area contributed by atoms with E-state index in [1.54, 1.807) is 43.3 Å². The minimum Gasteiger partial charge on any atom is -0.496 e. The number of methoxy groups -OCH3 is 1. The summed E-state index contributed by atoms with van der Waals surface area (Å²) in [7, 11) is 4.72. The number of nitrogens with one attached hydrogen (secondary N) is 1. The fraction of sp³-hybridized carbons (Fsp3) is 0.407. The summed E-state index contributed by atoms with van der Waals surface area (Å²) in [6, 6.07) is 8.64. The van der Waals surface area contributed by atoms with E-state index in [1.807, 2.05) is 6.92 Å². The number of amides is 3. The number of carboxylic acid groups (broad SMARTS) is 1. The topological polar surface area (TPSA) is 147 Å². The first-order valence-corrected chi connectivity index (χ1v) is 12.8. The second-order valence-electron chi connectivity index (χ2n) is 9.29. The molecule has 1 saturated heterocycles. The Bertz CT molecular complexity index is 1250. The maximum atomic E-state index is 13.8. The SMILES string of the molecule is CCC[C@@H](NC(=O)N1CC(=NOC)N(C)C[C@H](Cc2cc(Cl)ccc2OC)C1=O)c1ccc(C(=O)O)c(N)c1. The van der Waals surface area contributed by atoms with E-state index >= 15 is 0 Å². The first-order chi connectivity index (χ1) is 18.6. The molecule has 2 aromatic rings. The molecule has 0 spiro atoms. The van der Waals surface area contributed by atoms with Gasteiger partial charge in [0.2, 0.25) is 5.91 Å². The van der Waals surface area contributed by atoms with Crippen molar-refractivity contribution in [2.45, 2.75) is 32.2 Å². The lowest BCUT2D eigenvalue weighted by Gasteiger charge is -2.26. The Balaban J connectivity index is 1.93. The number of anilines is 1. The number of nitrogen functional groups attached to an aromatic ring is 1. The van der Waals surface area contributed by atoms with Gasteiger partial charge >= 0.3 is 12.0 Å². The van der Waals surface area contributed by atoms with E-state index in [2.05, 4.69) is 10.5 Å². The van der Waals surface area contributed by atoms with Crippen LogP contribution in [0.4, 0.5) is 10.5 Å². The zero-order valence-corrected chi connectivity index (χ0v) is 23.2. The van der Waals surface area contributed by atoms with Crippen molar-refractivity contribution in [3.05, 3.63) is 58.1 Å². The number of oxime groups is 1. The van der Waals surface area contributed by atoms with Crippen molar-refractivity contribution < 1.29 is 29.1 Å². The standard InChI is InChI=1S/C27H34ClN5O6/c1-5-6-22(16-7-9-20(26(35)36)21(29)13-16)30-27(37)33-15-24(31-39-4)32(2)14-18(25(33)34)11-17-12-19(28)8-10-23(17)38-3/h7-10,12-13,18,22H,5-6,11,14-15,29H2,1-4H3,(H,30,37)(H,35,36)/t18-,22+/m0/s1. The third kappa shape index (κ3) is 7.11. The molecule has 210 valence electrons. The molecule has 12 heteroatoms. The number of amidine groups is 1. The molecule has 0 aliphatic carbocycles. The van der Waals surface area contributed by atoms with Crippen molar-refractivity contribution in [3.63, 3.8) is 0 Å². The smallest absolute Gasteiger partial charge is 0.337 e. The number of aromatic carboxylic acids is 1. The van der Waals surface area contributed by atoms with Gasteiger partial charge in [-0.3, -0.25) is 9.69 Å². The van der Waals surface area contributed by atoms with E-state index in [0.29, 0.717) is 28.6 Å². The number of nitrogens with two attached hydrogens (primary N) is 1. The summed E-state index contributed by atoms with van der Waals surface area (Å²) in [6.45, 7) is 2.14. The number of hydrogen-bond donors (Lipinski definition) is 3. The Morgan fingerprint density at radius 2 is 2.00 bits per heavy atom. The third-order valence-electron chi connectivity index (χ3n) is 6.58. The predicted octanol–water partition coefficient (Wildman–Crippen LogP) is 3.77. The molecular formula is C27H34ClN5O6. The van der Waals surface area contributed by atoms with Crippen molar-refractivity contribution >= 4 is 41.0 Å². The Kier molecular flexibility index (Phi) is 10.00. The number of halogens is 1. The minimum absolute atomic E-state index is 0.0224. The van der Waals surface area contributed by atoms with Gasteiger partial charge in [0.1, 0.15) is 12.9 Å². The van der Waals surface area contributed by atoms with Crippen LogP contribution < -0.4 is 15.8 Å². The second kappa shape index (κ2) is 13.2. The summed E-state index contributed by atoms with van der Waals surface area (Å²) in [5.74, 6) is -1.15. The molecule has 3 rings (SSSR count). The van der Waals surface area contributed by atoms with Crippen LogP contribution >= 0.6 is 11.6 Å². The number of nitrogens with zero attached hydrogens (tertiary/aromatic N) is 3. The minimum atomic E-state index is -1.14. The first kappa shape index (κ1) is 29.6. The lowest BCUT2D eigenvalue weighted by Crippen LogP contribution is -2.48. The van der Waals surface area contributed by atoms with E-state index in [1.165, 1.54) is 19.2 Å². The molecule has 0 aromatic heterocycles. The van der Waals surface area contributed by atoms with Gasteiger partial charge in [0.25, 0.3) is 0 Å². The maximum absolute atomic E-state index is 13.8. The highest BCUT2D eigenvalue weighted by molar-refractivity contribution is 6.30. The molecule has 0 bridgehead atoms. The maximum Gasteiger partial charge on any atom is 0.337 e. The number of urea groups is 1. The number of rotatable bonds is 9. The summed E-state index contributed by atoms with van der Waals surface area (Å²) in [5, 5.41) is 16.8. The van der Waals surface area contributed by atoms with Crippen LogP contribution in [0.25, 0.3) is 0 Å². The summed E-state index contributed by atoms with van der Waals surface area (Å²) >= 11 is 6.21. The molecule has 0 radical (unpaired) electrons. The molecule has 1 aliphatic rings. The Labute approximate surface area is 232 Å². The fourth-order valence-corrected chi connectivity index (χ4v) is 4.80. The fourth-order valence-electron chi connectivity index (χ4n) is 4.60. The number of benzene rings is 2. The summed E-state index contributed by atoms with van der Waals surface area (Å²) in [4.78, 5) is 46.7. The lowest BCUT2D eigenvalue weighted by molar-refractivity contribution is -0.131. The number of ether oxygens (including phenoxy) is 1. The second-order valence-corrected chi connectivity index (χ2v) is 9.73. The third-order valence-corrected chi connectivity index (χ3v) is 6.82. The van der Waals surface area contributed by atoms with E-state index in [9.17, 15) is 19.5 Å². The van der Waals surface area contributed by atoms with Gasteiger partial charge in [-0.15, -0.1) is 0 Å². The molecule has 39 heavy (non-hydrogen) atoms. The van der Waals surface area contributed by atoms with Crippen LogP contribution in [0, 0.1) is 5.92 Å². The molecule has 2 atom stereocenters. The molecule has 1 aliphatic heterocycles. The van der Waals surface area contributed by atoms with E-state index in [0.717, 1.165) is 16.9 Å². The molecule has 11 nitrogen and oxygen atoms in total. The van der Waals surface area contributed by atoms with Crippen molar-refractivity contribution in [2.75, 3.05) is 40.1 Å². The van der Waals surface area contributed by atoms with Crippen molar-refractivity contribution in [1.29, 1.82) is 0 Å². The number of likely N-dealkylation sites (N-methyl/N-ethyl adjacent to an activating group) is 1. The van der Waals surface area contributed by atoms with Gasteiger partial charge in [-0.25, -0.2) is 9.59 Å². The largest absolute Gasteiger partial charge is 0.496 e. The Morgan fingerprint density at radius 3 is 2.62 bits per heavy atom. The summed E-state index contributed by atoms with van der Waals surface area (Å²) < 4.78 is 5.46. The number of carbonyl (C=O) groups excluding carboxylic acids is 2. The van der Waals surface area contributed by atoms with Crippen LogP contribution in [0.1, 0.15) is 47.3 Å². The zero-order chi connectivity index (χ0) is 28.7. The van der Waals surface area contributed by atoms with Gasteiger partial charge < -0.3 is 30.6 Å². The highest BCUT2D eigenvalue weighted by Gasteiger charge is 2.37. The van der Waals surface area contributed by atoms with Crippen LogP contribution in [0.3, 0.4) is 0 Å². The number of hydrogen-bond acceptors (Lipinski definition) is 7. The quantitative estimate of drug-likeness (QED) is 0.311. The van der Waals surface area contributed by atoms with Crippen LogP contribution in [0.2, 0.25) is 5.02 Å². The Hall–Kier alpha value is -3.99. The van der Waals surface area contributed by atoms with Crippen LogP contribution in [0.15, 0.2) is 41.6 Å². The van der Waals surface area contributed by atoms with Crippen molar-refractivity contribution in [3.8, 4) is 5.75 Å². The number of carboxylic acids is 1. The number of carbonyl (C=O) groups is 3. The predicted molar refractivity (Wildman–Crippen MR) is 148 cm³/mol. The molecule has 1 fully saturated rings. The van der Waals surface area contributed by atoms with Crippen molar-refractivity contribution in [1.82, 2.24) is 15.1 Å². The monoisotopic (exact) mass is 559 g/mol. The number of imide groups is 1. The molecule has 3 amide bonds. The van der Waals surface area contributed by atoms with E-state index in [-0.39, 0.29) is 30.8 Å². The zero-order valence-electron chi connectivity index (χ0n) is 22.4. The molecule has 2 aromatic carbocycles. The van der Waals surface area contributed by atoms with Gasteiger partial charge in [-0.2, -0.15) is 0 Å². The molecule has 4 N–H and O–H groups in total. The molecule has 1 heterocycles. The van der Waals surface area contributed by atoms with Gasteiger partial charge in [0, 0.05) is 24.3 Å². The van der Waals surface area contributed by atoms with Gasteiger partial charge in [0.05, 0.1) is 31.2 Å². The average molecular weight is 560 g/mol. The van der Waals surface area contributed by atoms with Gasteiger partial charge in [0.15, 0.2) is 5.84 Å². The summed E-state index contributed by atoms with van der Waals surface area (Å²) in [5.41, 5.74) is 7.40. The summed E-state index contributed by atoms with van der Waals surface area (Å²) in [6.07, 6.45) is 1.54. The lowest BCUT2D eigenvalue weighted by atomic mass is 9.97. The van der Waals surface area contributed by atoms with Crippen molar-refractivity contribution in [2.24, 2.45) is 11.1 Å². The highest BCUT2D eigenvalue weighted by atomic mass is 35.5. The Morgan fingerprint density at radius 1 is 1.26 bits per heavy atom. The highest BCUT2D eigenvalue weighted by Crippen LogP contribution is 2.28. The van der Waals surface area contributed by atoms with Crippen LogP contribution in [0.5, 0.6) is 5.75 Å². The first-order valence-electron chi connectivity index (χ1n) is 12.5. The average Bonchev–Trinajstić information content (AvgIpc) is 3.00. The van der Waals surface area contributed by atoms with Crippen LogP contribution in [-0.2, 0) is 16.1 Å². The van der Waals surface area contributed by atoms with E-state index < -0.39 is 29.9 Å². The van der Waals surface area contributed by atoms with Crippen LogP contribution in [-0.4, -0.2) is 73.0 Å². The van der Waals surface area contributed by atoms with E-state index in [4.69, 9.17) is 26.9 Å². The molecule has 0 unspecified atom stereocenters. The molecular weight excluding hydrogens is 526 g/mol. The molecule has 0 saturated carbocycles. The normalized spacial score (nSPS) is 17.5. The van der Waals surface area contributed by atoms with Gasteiger partial charge in [-0.1, -0.05) is 36.2 Å².